The number of amides is 2. The molecule has 242 valence electrons. The van der Waals surface area contributed by atoms with Gasteiger partial charge in [-0.15, -0.1) is 11.3 Å². The number of hydrogen-bond donors (Lipinski definition) is 2. The summed E-state index contributed by atoms with van der Waals surface area (Å²) < 4.78 is 28.5. The lowest BCUT2D eigenvalue weighted by molar-refractivity contribution is -0.00548. The number of nitrogens with one attached hydrogen (secondary N) is 1. The van der Waals surface area contributed by atoms with Gasteiger partial charge in [-0.3, -0.25) is 14.1 Å². The van der Waals surface area contributed by atoms with E-state index in [1.807, 2.05) is 19.9 Å². The number of ether oxygens (including phenoxy) is 2. The van der Waals surface area contributed by atoms with Crippen molar-refractivity contribution >= 4 is 35.0 Å². The average molecular weight is 642 g/mol. The Kier molecular flexibility index (Phi) is 7.83. The minimum atomic E-state index is -1.36. The molecule has 0 bridgehead atoms. The van der Waals surface area contributed by atoms with Gasteiger partial charge in [0.25, 0.3) is 5.56 Å². The van der Waals surface area contributed by atoms with Crippen LogP contribution in [0.2, 0.25) is 0 Å². The van der Waals surface area contributed by atoms with Gasteiger partial charge in [-0.2, -0.15) is 0 Å². The lowest BCUT2D eigenvalue weighted by Crippen LogP contribution is -2.54. The zero-order valence-electron chi connectivity index (χ0n) is 27.1. The van der Waals surface area contributed by atoms with Crippen molar-refractivity contribution in [2.45, 2.75) is 104 Å². The summed E-state index contributed by atoms with van der Waals surface area (Å²) in [6, 6.07) is 2.56. The van der Waals surface area contributed by atoms with Gasteiger partial charge in [0.1, 0.15) is 22.6 Å². The molecule has 1 unspecified atom stereocenters. The number of aromatic carboxylic acids is 1. The van der Waals surface area contributed by atoms with E-state index in [9.17, 15) is 24.3 Å². The molecule has 5 rings (SSSR count). The van der Waals surface area contributed by atoms with Crippen molar-refractivity contribution in [2.24, 2.45) is 0 Å². The number of alkyl carbamates (subject to hydrolysis) is 1. The van der Waals surface area contributed by atoms with Gasteiger partial charge in [0, 0.05) is 28.1 Å². The highest BCUT2D eigenvalue weighted by atomic mass is 32.1. The van der Waals surface area contributed by atoms with Crippen LogP contribution in [0.4, 0.5) is 14.0 Å². The number of pyridine rings is 2. The molecule has 0 radical (unpaired) electrons. The molecule has 0 saturated heterocycles. The Morgan fingerprint density at radius 3 is 2.22 bits per heavy atom. The van der Waals surface area contributed by atoms with E-state index in [-0.39, 0.29) is 18.0 Å². The van der Waals surface area contributed by atoms with Crippen LogP contribution in [-0.2, 0) is 15.0 Å². The maximum atomic E-state index is 16.1. The van der Waals surface area contributed by atoms with Crippen molar-refractivity contribution < 1.29 is 33.4 Å². The van der Waals surface area contributed by atoms with Gasteiger partial charge in [-0.05, 0) is 110 Å². The van der Waals surface area contributed by atoms with Gasteiger partial charge >= 0.3 is 18.2 Å². The quantitative estimate of drug-likeness (QED) is 0.311. The number of aromatic nitrogens is 1. The second-order valence-electron chi connectivity index (χ2n) is 14.3. The van der Waals surface area contributed by atoms with E-state index in [2.05, 4.69) is 5.32 Å². The number of carbonyl (C=O) groups excluding carboxylic acids is 2. The molecule has 1 saturated carbocycles. The predicted molar refractivity (Wildman–Crippen MR) is 169 cm³/mol. The smallest absolute Gasteiger partial charge is 0.411 e. The minimum Gasteiger partial charge on any atom is -0.477 e. The van der Waals surface area contributed by atoms with E-state index in [0.717, 1.165) is 28.3 Å². The summed E-state index contributed by atoms with van der Waals surface area (Å²) in [7, 11) is 0. The van der Waals surface area contributed by atoms with Gasteiger partial charge in [0.15, 0.2) is 0 Å². The Hall–Kier alpha value is -3.93. The number of carboxylic acid groups (broad SMARTS) is 1. The van der Waals surface area contributed by atoms with Crippen molar-refractivity contribution in [3.05, 3.63) is 61.6 Å². The molecule has 0 aromatic carbocycles. The van der Waals surface area contributed by atoms with Gasteiger partial charge < -0.3 is 19.9 Å². The van der Waals surface area contributed by atoms with E-state index in [4.69, 9.17) is 9.47 Å². The zero-order chi connectivity index (χ0) is 33.4. The van der Waals surface area contributed by atoms with Crippen molar-refractivity contribution in [1.82, 2.24) is 14.6 Å². The number of thiophene rings is 1. The highest BCUT2D eigenvalue weighted by Gasteiger charge is 2.46. The van der Waals surface area contributed by atoms with Crippen LogP contribution in [0.15, 0.2) is 23.1 Å². The Morgan fingerprint density at radius 2 is 1.67 bits per heavy atom. The Morgan fingerprint density at radius 1 is 1.04 bits per heavy atom. The Bertz CT molecular complexity index is 1790. The Labute approximate surface area is 265 Å². The van der Waals surface area contributed by atoms with Crippen molar-refractivity contribution in [3.8, 4) is 10.4 Å². The summed E-state index contributed by atoms with van der Waals surface area (Å²) in [6.07, 6.45) is 1.54. The summed E-state index contributed by atoms with van der Waals surface area (Å²) in [5.74, 6) is -1.97. The number of hydrogen-bond acceptors (Lipinski definition) is 7. The van der Waals surface area contributed by atoms with Crippen LogP contribution in [0.5, 0.6) is 0 Å². The number of aryl methyl sites for hydroxylation is 1. The minimum absolute atomic E-state index is 0.0796. The number of fused-ring (bicyclic) bond motifs is 2. The van der Waals surface area contributed by atoms with E-state index in [1.54, 1.807) is 53.4 Å². The molecule has 1 aliphatic carbocycles. The first-order valence-corrected chi connectivity index (χ1v) is 15.8. The van der Waals surface area contributed by atoms with E-state index < -0.39 is 57.9 Å². The zero-order valence-corrected chi connectivity index (χ0v) is 27.9. The number of carbonyl (C=O) groups is 3. The molecule has 1 atom stereocenters. The largest absolute Gasteiger partial charge is 0.477 e. The third-order valence-electron chi connectivity index (χ3n) is 8.01. The lowest BCUT2D eigenvalue weighted by Gasteiger charge is -2.45. The molecular formula is C33H40FN3O7S. The molecule has 3 aromatic heterocycles. The molecular weight excluding hydrogens is 601 g/mol. The van der Waals surface area contributed by atoms with E-state index in [1.165, 1.54) is 17.4 Å². The van der Waals surface area contributed by atoms with Gasteiger partial charge in [-0.25, -0.2) is 18.8 Å². The Balaban J connectivity index is 1.69. The summed E-state index contributed by atoms with van der Waals surface area (Å²) in [5, 5.41) is 12.6. The van der Waals surface area contributed by atoms with Crippen molar-refractivity contribution in [1.29, 1.82) is 0 Å². The topological polar surface area (TPSA) is 127 Å². The summed E-state index contributed by atoms with van der Waals surface area (Å²) in [5.41, 5.74) is -0.908. The van der Waals surface area contributed by atoms with Crippen LogP contribution in [0.3, 0.4) is 0 Å². The number of nitrogens with zero attached hydrogens (tertiary/aromatic N) is 2. The van der Waals surface area contributed by atoms with Crippen LogP contribution >= 0.6 is 11.3 Å². The standard InChI is InChI=1S/C33H40FN3O7S/c1-16-24(21(34)14-36-25(16)18(17-10-11-17)12-20(27(36)38)28(39)40)23-13-19-22(35-29(41)43-31(2,3)4)15-37(30(42)44-32(5,6)7)33(8,9)26(19)45-23/h12-14,17,22H,10-11,15H2,1-9H3,(H,35,41)(H,39,40). The van der Waals surface area contributed by atoms with Gasteiger partial charge in [0.05, 0.1) is 17.1 Å². The van der Waals surface area contributed by atoms with Crippen LogP contribution in [0.25, 0.3) is 16.0 Å². The third-order valence-corrected chi connectivity index (χ3v) is 9.49. The van der Waals surface area contributed by atoms with Gasteiger partial charge in [0.2, 0.25) is 0 Å². The summed E-state index contributed by atoms with van der Waals surface area (Å²) >= 11 is 1.29. The number of halogens is 1. The fraction of sp³-hybridized carbons (Fsp3) is 0.515. The molecule has 45 heavy (non-hydrogen) atoms. The molecule has 3 aromatic rings. The average Bonchev–Trinajstić information content (AvgIpc) is 3.61. The first-order chi connectivity index (χ1) is 20.7. The molecule has 10 nitrogen and oxygen atoms in total. The molecule has 0 spiro atoms. The molecule has 2 amide bonds. The molecule has 12 heteroatoms. The van der Waals surface area contributed by atoms with Crippen LogP contribution < -0.4 is 10.9 Å². The second kappa shape index (κ2) is 10.9. The summed E-state index contributed by atoms with van der Waals surface area (Å²) in [6.45, 7) is 16.2. The highest BCUT2D eigenvalue weighted by molar-refractivity contribution is 7.15. The number of rotatable bonds is 4. The monoisotopic (exact) mass is 641 g/mol. The molecule has 4 heterocycles. The SMILES string of the molecule is Cc1c(-c2cc3c(s2)C(C)(C)N(C(=O)OC(C)(C)C)CC3NC(=O)OC(C)(C)C)c(F)cn2c(=O)c(C(=O)O)cc(C3CC3)c12. The van der Waals surface area contributed by atoms with Crippen molar-refractivity contribution in [3.63, 3.8) is 0 Å². The molecule has 2 N–H and O–H groups in total. The normalized spacial score (nSPS) is 18.0. The maximum absolute atomic E-state index is 16.1. The number of carboxylic acids is 1. The third kappa shape index (κ3) is 6.16. The van der Waals surface area contributed by atoms with Gasteiger partial charge in [-0.1, -0.05) is 0 Å². The first-order valence-electron chi connectivity index (χ1n) is 15.0. The fourth-order valence-electron chi connectivity index (χ4n) is 5.90. The molecule has 1 fully saturated rings. The van der Waals surface area contributed by atoms with E-state index >= 15 is 4.39 Å². The highest BCUT2D eigenvalue weighted by Crippen LogP contribution is 2.49. The van der Waals surface area contributed by atoms with Crippen LogP contribution in [-0.4, -0.2) is 50.3 Å². The van der Waals surface area contributed by atoms with Crippen LogP contribution in [0.1, 0.15) is 112 Å². The van der Waals surface area contributed by atoms with Crippen LogP contribution in [0, 0.1) is 12.7 Å². The maximum Gasteiger partial charge on any atom is 0.411 e. The molecule has 2 aliphatic rings. The molecule has 1 aliphatic heterocycles. The lowest BCUT2D eigenvalue weighted by atomic mass is 9.88. The first kappa shape index (κ1) is 32.5. The van der Waals surface area contributed by atoms with Crippen molar-refractivity contribution in [2.75, 3.05) is 6.54 Å². The second-order valence-corrected chi connectivity index (χ2v) is 15.4. The van der Waals surface area contributed by atoms with E-state index in [0.29, 0.717) is 27.1 Å². The predicted octanol–water partition coefficient (Wildman–Crippen LogP) is 7.10. The summed E-state index contributed by atoms with van der Waals surface area (Å²) in [4.78, 5) is 54.2. The fourth-order valence-corrected chi connectivity index (χ4v) is 7.34.